The van der Waals surface area contributed by atoms with E-state index in [2.05, 4.69) is 78.5 Å². The normalized spacial score (nSPS) is 13.0. The van der Waals surface area contributed by atoms with Gasteiger partial charge in [0.25, 0.3) is 0 Å². The molecule has 0 saturated carbocycles. The van der Waals surface area contributed by atoms with E-state index in [-0.39, 0.29) is 17.2 Å². The third-order valence-corrected chi connectivity index (χ3v) is 5.33. The fourth-order valence-electron chi connectivity index (χ4n) is 3.35. The molecule has 1 aromatic rings. The van der Waals surface area contributed by atoms with Gasteiger partial charge >= 0.3 is 0 Å². The zero-order chi connectivity index (χ0) is 22.7. The Morgan fingerprint density at radius 1 is 0.933 bits per heavy atom. The van der Waals surface area contributed by atoms with Crippen molar-refractivity contribution in [3.05, 3.63) is 75.9 Å². The number of carbonyl (C=O) groups excluding carboxylic acids is 1. The van der Waals surface area contributed by atoms with Crippen LogP contribution in [0.5, 0.6) is 5.75 Å². The molecule has 0 aliphatic rings. The lowest BCUT2D eigenvalue weighted by Crippen LogP contribution is -2.00. The summed E-state index contributed by atoms with van der Waals surface area (Å²) in [5.41, 5.74) is 6.34. The van der Waals surface area contributed by atoms with Gasteiger partial charge in [-0.3, -0.25) is 4.79 Å². The quantitative estimate of drug-likeness (QED) is 0.276. The van der Waals surface area contributed by atoms with Gasteiger partial charge in [-0.15, -0.1) is 12.6 Å². The number of rotatable bonds is 11. The monoisotopic (exact) mass is 426 g/mol. The van der Waals surface area contributed by atoms with Gasteiger partial charge in [0.15, 0.2) is 0 Å². The second kappa shape index (κ2) is 13.3. The van der Waals surface area contributed by atoms with E-state index in [1.54, 1.807) is 6.07 Å². The summed E-state index contributed by atoms with van der Waals surface area (Å²) in [5, 5.41) is 10.3. The van der Waals surface area contributed by atoms with Crippen LogP contribution in [0.3, 0.4) is 0 Å². The van der Waals surface area contributed by atoms with Crippen molar-refractivity contribution in [3.8, 4) is 5.75 Å². The Morgan fingerprint density at radius 3 is 2.03 bits per heavy atom. The molecule has 0 aliphatic carbocycles. The maximum Gasteiger partial charge on any atom is 0.220 e. The van der Waals surface area contributed by atoms with Crippen molar-refractivity contribution in [3.63, 3.8) is 0 Å². The van der Waals surface area contributed by atoms with Crippen LogP contribution in [0.15, 0.2) is 64.8 Å². The van der Waals surface area contributed by atoms with E-state index < -0.39 is 5.12 Å². The predicted octanol–water partition coefficient (Wildman–Crippen LogP) is 8.32. The molecule has 0 saturated heterocycles. The Labute approximate surface area is 188 Å². The minimum Gasteiger partial charge on any atom is -0.507 e. The summed E-state index contributed by atoms with van der Waals surface area (Å²) in [7, 11) is 0. The Kier molecular flexibility index (Phi) is 11.6. The van der Waals surface area contributed by atoms with Crippen LogP contribution in [-0.2, 0) is 0 Å². The van der Waals surface area contributed by atoms with Crippen LogP contribution in [0.25, 0.3) is 0 Å². The molecule has 2 nitrogen and oxygen atoms in total. The van der Waals surface area contributed by atoms with Crippen molar-refractivity contribution in [2.45, 2.75) is 79.6 Å². The molecule has 1 rings (SSSR count). The third kappa shape index (κ3) is 9.67. The minimum atomic E-state index is -0.411. The lowest BCUT2D eigenvalue weighted by molar-refractivity contribution is 0.108. The topological polar surface area (TPSA) is 37.3 Å². The zero-order valence-electron chi connectivity index (χ0n) is 19.5. The number of hydrogen-bond donors (Lipinski definition) is 2. The number of hydrogen-bond acceptors (Lipinski definition) is 2. The second-order valence-corrected chi connectivity index (χ2v) is 9.00. The Bertz CT molecular complexity index is 832. The van der Waals surface area contributed by atoms with E-state index in [0.717, 1.165) is 37.7 Å². The van der Waals surface area contributed by atoms with Crippen molar-refractivity contribution in [1.82, 2.24) is 0 Å². The molecule has 1 aromatic carbocycles. The summed E-state index contributed by atoms with van der Waals surface area (Å²) < 4.78 is 0. The van der Waals surface area contributed by atoms with Crippen LogP contribution in [0.2, 0.25) is 0 Å². The highest BCUT2D eigenvalue weighted by Gasteiger charge is 2.17. The van der Waals surface area contributed by atoms with E-state index in [4.69, 9.17) is 0 Å². The standard InChI is InChI=1S/C27H38O2S/c1-19(2)10-7-12-21(5)16-17-23(18-22(6)13-8-11-20(3)4)24-14-9-15-25(26(24)28)27(29)30/h9-11,14-16,18,23,28H,7-8,12-13,17H2,1-6H3,(H,29,30)/b21-16+,22-18+. The average molecular weight is 427 g/mol. The zero-order valence-corrected chi connectivity index (χ0v) is 20.4. The van der Waals surface area contributed by atoms with Gasteiger partial charge in [-0.05, 0) is 79.7 Å². The lowest BCUT2D eigenvalue weighted by atomic mass is 9.89. The highest BCUT2D eigenvalue weighted by atomic mass is 32.1. The fraction of sp³-hybridized carbons (Fsp3) is 0.444. The van der Waals surface area contributed by atoms with Gasteiger partial charge in [0.2, 0.25) is 5.12 Å². The van der Waals surface area contributed by atoms with Gasteiger partial charge in [0.1, 0.15) is 5.75 Å². The van der Waals surface area contributed by atoms with Crippen LogP contribution >= 0.6 is 12.6 Å². The number of aromatic hydroxyl groups is 1. The molecule has 0 bridgehead atoms. The van der Waals surface area contributed by atoms with Crippen LogP contribution in [0.1, 0.15) is 95.5 Å². The Hall–Kier alpha value is -2.00. The van der Waals surface area contributed by atoms with E-state index >= 15 is 0 Å². The number of phenolic OH excluding ortho intramolecular Hbond substituents is 1. The molecular formula is C27H38O2S. The molecule has 0 spiro atoms. The number of carbonyl (C=O) groups is 1. The number of para-hydroxylation sites is 1. The molecule has 0 aliphatic heterocycles. The first-order chi connectivity index (χ1) is 14.1. The van der Waals surface area contributed by atoms with Crippen molar-refractivity contribution in [2.24, 2.45) is 0 Å². The maximum absolute atomic E-state index is 11.8. The molecule has 30 heavy (non-hydrogen) atoms. The van der Waals surface area contributed by atoms with Crippen LogP contribution in [0.4, 0.5) is 0 Å². The van der Waals surface area contributed by atoms with Crippen molar-refractivity contribution < 1.29 is 9.90 Å². The van der Waals surface area contributed by atoms with Crippen molar-refractivity contribution in [1.29, 1.82) is 0 Å². The van der Waals surface area contributed by atoms with Gasteiger partial charge in [-0.25, -0.2) is 0 Å². The SMILES string of the molecule is CC(C)=CCC/C(C)=C/CC(/C=C(\C)CCC=C(C)C)c1cccc(C(=O)S)c1O. The fourth-order valence-corrected chi connectivity index (χ4v) is 3.53. The summed E-state index contributed by atoms with van der Waals surface area (Å²) in [6.45, 7) is 12.8. The van der Waals surface area contributed by atoms with Gasteiger partial charge in [0.05, 0.1) is 5.56 Å². The molecule has 1 atom stereocenters. The van der Waals surface area contributed by atoms with E-state index in [1.807, 2.05) is 12.1 Å². The summed E-state index contributed by atoms with van der Waals surface area (Å²) in [6, 6.07) is 5.35. The number of allylic oxidation sites excluding steroid dienone is 8. The molecule has 0 aromatic heterocycles. The highest BCUT2D eigenvalue weighted by molar-refractivity contribution is 7.97. The van der Waals surface area contributed by atoms with Gasteiger partial charge in [-0.2, -0.15) is 0 Å². The molecular weight excluding hydrogens is 388 g/mol. The number of thiol groups is 1. The summed E-state index contributed by atoms with van der Waals surface area (Å²) in [4.78, 5) is 11.8. The van der Waals surface area contributed by atoms with Gasteiger partial charge in [-0.1, -0.05) is 58.7 Å². The second-order valence-electron chi connectivity index (χ2n) is 8.59. The minimum absolute atomic E-state index is 0.0164. The van der Waals surface area contributed by atoms with Gasteiger partial charge < -0.3 is 5.11 Å². The average Bonchev–Trinajstić information content (AvgIpc) is 2.64. The molecule has 1 N–H and O–H groups in total. The Balaban J connectivity index is 3.14. The first-order valence-electron chi connectivity index (χ1n) is 10.8. The smallest absolute Gasteiger partial charge is 0.220 e. The predicted molar refractivity (Wildman–Crippen MR) is 134 cm³/mol. The molecule has 3 heteroatoms. The van der Waals surface area contributed by atoms with Crippen molar-refractivity contribution >= 4 is 17.7 Å². The highest BCUT2D eigenvalue weighted by Crippen LogP contribution is 2.34. The largest absolute Gasteiger partial charge is 0.507 e. The molecule has 164 valence electrons. The number of benzene rings is 1. The van der Waals surface area contributed by atoms with Crippen molar-refractivity contribution in [2.75, 3.05) is 0 Å². The molecule has 1 unspecified atom stereocenters. The summed E-state index contributed by atoms with van der Waals surface area (Å²) in [6.07, 6.45) is 13.9. The molecule has 0 radical (unpaired) electrons. The first kappa shape index (κ1) is 26.0. The summed E-state index contributed by atoms with van der Waals surface area (Å²) in [5.74, 6) is 0.0641. The van der Waals surface area contributed by atoms with Gasteiger partial charge in [0, 0.05) is 11.5 Å². The lowest BCUT2D eigenvalue weighted by Gasteiger charge is -2.17. The molecule has 0 amide bonds. The van der Waals surface area contributed by atoms with Crippen LogP contribution < -0.4 is 0 Å². The van der Waals surface area contributed by atoms with E-state index in [9.17, 15) is 9.90 Å². The first-order valence-corrected chi connectivity index (χ1v) is 11.2. The Morgan fingerprint density at radius 2 is 1.50 bits per heavy atom. The summed E-state index contributed by atoms with van der Waals surface area (Å²) >= 11 is 3.91. The van der Waals surface area contributed by atoms with E-state index in [1.165, 1.54) is 22.3 Å². The van der Waals surface area contributed by atoms with Crippen LogP contribution in [-0.4, -0.2) is 10.2 Å². The number of phenols is 1. The molecule has 0 fully saturated rings. The maximum atomic E-state index is 11.8. The van der Waals surface area contributed by atoms with E-state index in [0.29, 0.717) is 0 Å². The molecule has 0 heterocycles. The van der Waals surface area contributed by atoms with Crippen LogP contribution in [0, 0.1) is 0 Å². The third-order valence-electron chi connectivity index (χ3n) is 5.09.